The van der Waals surface area contributed by atoms with Crippen LogP contribution < -0.4 is 4.74 Å². The Morgan fingerprint density at radius 1 is 1.24 bits per heavy atom. The van der Waals surface area contributed by atoms with Crippen LogP contribution in [0, 0.1) is 5.92 Å². The Labute approximate surface area is 107 Å². The van der Waals surface area contributed by atoms with Crippen molar-refractivity contribution >= 4 is 22.4 Å². The molecule has 0 atom stereocenters. The molecule has 1 aromatic carbocycles. The largest absolute Gasteiger partial charge is 0.477 e. The van der Waals surface area contributed by atoms with E-state index in [0.717, 1.165) is 17.2 Å². The lowest BCUT2D eigenvalue weighted by Gasteiger charge is -2.10. The van der Waals surface area contributed by atoms with E-state index >= 15 is 0 Å². The number of pyridine rings is 1. The molecule has 0 aliphatic heterocycles. The summed E-state index contributed by atoms with van der Waals surface area (Å²) >= 11 is 6.10. The zero-order valence-corrected chi connectivity index (χ0v) is 10.9. The van der Waals surface area contributed by atoms with Gasteiger partial charge in [0.2, 0.25) is 5.88 Å². The summed E-state index contributed by atoms with van der Waals surface area (Å²) in [6.45, 7) is 5.05. The summed E-state index contributed by atoms with van der Waals surface area (Å²) in [5.41, 5.74) is 0. The second-order valence-corrected chi connectivity index (χ2v) is 4.90. The quantitative estimate of drug-likeness (QED) is 0.805. The SMILES string of the molecule is CC(C)CCOc1ncc(Cl)c2ccccc12. The van der Waals surface area contributed by atoms with Crippen molar-refractivity contribution < 1.29 is 4.74 Å². The van der Waals surface area contributed by atoms with Crippen LogP contribution in [-0.2, 0) is 0 Å². The van der Waals surface area contributed by atoms with Gasteiger partial charge in [0.15, 0.2) is 0 Å². The molecule has 1 aromatic heterocycles. The fourth-order valence-electron chi connectivity index (χ4n) is 1.64. The fourth-order valence-corrected chi connectivity index (χ4v) is 1.85. The van der Waals surface area contributed by atoms with Gasteiger partial charge in [-0.15, -0.1) is 0 Å². The third-order valence-electron chi connectivity index (χ3n) is 2.64. The molecule has 2 rings (SSSR count). The van der Waals surface area contributed by atoms with Crippen molar-refractivity contribution in [2.24, 2.45) is 5.92 Å². The lowest BCUT2D eigenvalue weighted by Crippen LogP contribution is -2.03. The highest BCUT2D eigenvalue weighted by atomic mass is 35.5. The lowest BCUT2D eigenvalue weighted by molar-refractivity contribution is 0.283. The van der Waals surface area contributed by atoms with Crippen LogP contribution in [0.1, 0.15) is 20.3 Å². The Morgan fingerprint density at radius 2 is 1.94 bits per heavy atom. The molecule has 0 unspecified atom stereocenters. The summed E-state index contributed by atoms with van der Waals surface area (Å²) in [4.78, 5) is 4.25. The van der Waals surface area contributed by atoms with Crippen LogP contribution in [0.4, 0.5) is 0 Å². The number of halogens is 1. The Bertz CT molecular complexity index is 511. The summed E-state index contributed by atoms with van der Waals surface area (Å²) in [6.07, 6.45) is 2.67. The third kappa shape index (κ3) is 2.89. The molecule has 0 fully saturated rings. The highest BCUT2D eigenvalue weighted by molar-refractivity contribution is 6.35. The van der Waals surface area contributed by atoms with E-state index in [1.165, 1.54) is 0 Å². The van der Waals surface area contributed by atoms with Crippen molar-refractivity contribution in [3.05, 3.63) is 35.5 Å². The van der Waals surface area contributed by atoms with Gasteiger partial charge < -0.3 is 4.74 Å². The average Bonchev–Trinajstić information content (AvgIpc) is 2.32. The summed E-state index contributed by atoms with van der Waals surface area (Å²) in [5, 5.41) is 2.63. The fraction of sp³-hybridized carbons (Fsp3) is 0.357. The van der Waals surface area contributed by atoms with Crippen LogP contribution in [0.15, 0.2) is 30.5 Å². The average molecular weight is 250 g/mol. The Balaban J connectivity index is 2.26. The molecule has 0 aliphatic carbocycles. The van der Waals surface area contributed by atoms with Crippen LogP contribution in [0.25, 0.3) is 10.8 Å². The van der Waals surface area contributed by atoms with Gasteiger partial charge in [-0.1, -0.05) is 43.6 Å². The number of aromatic nitrogens is 1. The first kappa shape index (κ1) is 12.2. The first-order valence-electron chi connectivity index (χ1n) is 5.84. The van der Waals surface area contributed by atoms with Crippen molar-refractivity contribution in [2.45, 2.75) is 20.3 Å². The van der Waals surface area contributed by atoms with E-state index in [9.17, 15) is 0 Å². The highest BCUT2D eigenvalue weighted by Gasteiger charge is 2.06. The molecule has 2 nitrogen and oxygen atoms in total. The molecule has 0 N–H and O–H groups in total. The second kappa shape index (κ2) is 5.37. The summed E-state index contributed by atoms with van der Waals surface area (Å²) in [5.74, 6) is 1.30. The lowest BCUT2D eigenvalue weighted by atomic mass is 10.1. The van der Waals surface area contributed by atoms with Crippen molar-refractivity contribution in [1.82, 2.24) is 4.98 Å². The Hall–Kier alpha value is -1.28. The number of hydrogen-bond acceptors (Lipinski definition) is 2. The number of hydrogen-bond donors (Lipinski definition) is 0. The monoisotopic (exact) mass is 249 g/mol. The van der Waals surface area contributed by atoms with Crippen molar-refractivity contribution in [1.29, 1.82) is 0 Å². The zero-order valence-electron chi connectivity index (χ0n) is 10.1. The summed E-state index contributed by atoms with van der Waals surface area (Å²) < 4.78 is 5.72. The zero-order chi connectivity index (χ0) is 12.3. The van der Waals surface area contributed by atoms with Gasteiger partial charge in [0.05, 0.1) is 17.8 Å². The van der Waals surface area contributed by atoms with E-state index in [4.69, 9.17) is 16.3 Å². The molecule has 0 saturated carbocycles. The molecule has 0 aliphatic rings. The normalized spacial score (nSPS) is 11.1. The molecule has 0 radical (unpaired) electrons. The van der Waals surface area contributed by atoms with Crippen LogP contribution in [0.3, 0.4) is 0 Å². The predicted molar refractivity (Wildman–Crippen MR) is 71.7 cm³/mol. The predicted octanol–water partition coefficient (Wildman–Crippen LogP) is 4.31. The topological polar surface area (TPSA) is 22.1 Å². The molecular weight excluding hydrogens is 234 g/mol. The maximum atomic E-state index is 6.10. The van der Waals surface area contributed by atoms with E-state index in [1.807, 2.05) is 24.3 Å². The number of ether oxygens (including phenoxy) is 1. The van der Waals surface area contributed by atoms with Gasteiger partial charge in [0, 0.05) is 10.8 Å². The first-order chi connectivity index (χ1) is 8.18. The minimum Gasteiger partial charge on any atom is -0.477 e. The smallest absolute Gasteiger partial charge is 0.221 e. The molecule has 0 saturated heterocycles. The van der Waals surface area contributed by atoms with E-state index in [1.54, 1.807) is 6.20 Å². The minimum absolute atomic E-state index is 0.633. The van der Waals surface area contributed by atoms with E-state index in [2.05, 4.69) is 18.8 Å². The van der Waals surface area contributed by atoms with E-state index in [0.29, 0.717) is 23.4 Å². The van der Waals surface area contributed by atoms with E-state index < -0.39 is 0 Å². The molecule has 0 amide bonds. The van der Waals surface area contributed by atoms with Gasteiger partial charge in [-0.05, 0) is 18.4 Å². The van der Waals surface area contributed by atoms with E-state index in [-0.39, 0.29) is 0 Å². The molecule has 17 heavy (non-hydrogen) atoms. The third-order valence-corrected chi connectivity index (χ3v) is 2.95. The van der Waals surface area contributed by atoms with Gasteiger partial charge in [0.1, 0.15) is 0 Å². The van der Waals surface area contributed by atoms with Gasteiger partial charge in [-0.3, -0.25) is 0 Å². The molecule has 0 spiro atoms. The molecular formula is C14H16ClNO. The first-order valence-corrected chi connectivity index (χ1v) is 6.22. The van der Waals surface area contributed by atoms with Gasteiger partial charge in [-0.2, -0.15) is 0 Å². The maximum Gasteiger partial charge on any atom is 0.221 e. The van der Waals surface area contributed by atoms with Gasteiger partial charge in [-0.25, -0.2) is 4.98 Å². The van der Waals surface area contributed by atoms with Crippen molar-refractivity contribution in [3.63, 3.8) is 0 Å². The standard InChI is InChI=1S/C14H16ClNO/c1-10(2)7-8-17-14-12-6-4-3-5-11(12)13(15)9-16-14/h3-6,9-10H,7-8H2,1-2H3. The Kier molecular flexibility index (Phi) is 3.85. The molecule has 1 heterocycles. The number of benzene rings is 1. The molecule has 2 aromatic rings. The summed E-state index contributed by atoms with van der Waals surface area (Å²) in [6, 6.07) is 7.90. The Morgan fingerprint density at radius 3 is 2.65 bits per heavy atom. The highest BCUT2D eigenvalue weighted by Crippen LogP contribution is 2.28. The second-order valence-electron chi connectivity index (χ2n) is 4.49. The maximum absolute atomic E-state index is 6.10. The van der Waals surface area contributed by atoms with Crippen LogP contribution >= 0.6 is 11.6 Å². The molecule has 0 bridgehead atoms. The van der Waals surface area contributed by atoms with Gasteiger partial charge in [0.25, 0.3) is 0 Å². The van der Waals surface area contributed by atoms with Crippen LogP contribution in [0.2, 0.25) is 5.02 Å². The molecule has 3 heteroatoms. The number of fused-ring (bicyclic) bond motifs is 1. The van der Waals surface area contributed by atoms with Crippen LogP contribution in [0.5, 0.6) is 5.88 Å². The van der Waals surface area contributed by atoms with Crippen LogP contribution in [-0.4, -0.2) is 11.6 Å². The summed E-state index contributed by atoms with van der Waals surface area (Å²) in [7, 11) is 0. The number of nitrogens with zero attached hydrogens (tertiary/aromatic N) is 1. The van der Waals surface area contributed by atoms with Crippen molar-refractivity contribution in [2.75, 3.05) is 6.61 Å². The molecule has 90 valence electrons. The van der Waals surface area contributed by atoms with Crippen molar-refractivity contribution in [3.8, 4) is 5.88 Å². The minimum atomic E-state index is 0.633. The number of rotatable bonds is 4. The van der Waals surface area contributed by atoms with Gasteiger partial charge >= 0.3 is 0 Å².